The molecule has 5 aliphatic heterocycles. The number of ketones is 6. The second kappa shape index (κ2) is 29.7. The largest absolute Gasteiger partial charge is 0.306 e. The minimum Gasteiger partial charge on any atom is -0.306 e. The van der Waals surface area contributed by atoms with Crippen molar-refractivity contribution in [1.82, 2.24) is 24.5 Å². The third-order valence-corrected chi connectivity index (χ3v) is 15.8. The maximum atomic E-state index is 11.9. The van der Waals surface area contributed by atoms with Crippen molar-refractivity contribution in [1.29, 1.82) is 0 Å². The van der Waals surface area contributed by atoms with Crippen molar-refractivity contribution >= 4 is 34.7 Å². The van der Waals surface area contributed by atoms with Gasteiger partial charge in [0.05, 0.1) is 0 Å². The predicted molar refractivity (Wildman–Crippen MR) is 311 cm³/mol. The Bertz CT molecular complexity index is 1670. The minimum atomic E-state index is -0.164. The molecule has 0 aromatic carbocycles. The molecule has 0 aromatic rings. The molecule has 0 radical (unpaired) electrons. The summed E-state index contributed by atoms with van der Waals surface area (Å²) in [6.07, 6.45) is 11.1. The zero-order valence-electron chi connectivity index (χ0n) is 52.9. The van der Waals surface area contributed by atoms with E-state index in [1.54, 1.807) is 0 Å². The van der Waals surface area contributed by atoms with Crippen LogP contribution in [-0.2, 0) is 28.8 Å². The summed E-state index contributed by atoms with van der Waals surface area (Å²) < 4.78 is 0. The second-order valence-electron chi connectivity index (χ2n) is 30.2. The van der Waals surface area contributed by atoms with Crippen LogP contribution in [0.2, 0.25) is 0 Å². The van der Waals surface area contributed by atoms with Crippen LogP contribution in [0.25, 0.3) is 0 Å². The van der Waals surface area contributed by atoms with Gasteiger partial charge in [-0.3, -0.25) is 28.8 Å². The molecule has 11 nitrogen and oxygen atoms in total. The van der Waals surface area contributed by atoms with Crippen LogP contribution in [-0.4, -0.2) is 160 Å². The number of Topliss-reactive ketones (excluding diaryl/α,β-unsaturated/α-hetero) is 6. The van der Waals surface area contributed by atoms with Gasteiger partial charge in [-0.2, -0.15) is 0 Å². The highest BCUT2D eigenvalue weighted by molar-refractivity contribution is 5.88. The van der Waals surface area contributed by atoms with E-state index in [-0.39, 0.29) is 50.2 Å². The molecule has 0 amide bonds. The number of hydrogen-bond acceptors (Lipinski definition) is 11. The highest BCUT2D eigenvalue weighted by atomic mass is 16.2. The average molecular weight is 1040 g/mol. The molecule has 0 aromatic heterocycles. The molecule has 5 atom stereocenters. The summed E-state index contributed by atoms with van der Waals surface area (Å²) in [5.41, 5.74) is -0.914. The van der Waals surface area contributed by atoms with Gasteiger partial charge in [0.2, 0.25) is 0 Å². The van der Waals surface area contributed by atoms with E-state index in [4.69, 9.17) is 0 Å². The highest BCUT2D eigenvalue weighted by Crippen LogP contribution is 2.36. The lowest BCUT2D eigenvalue weighted by Crippen LogP contribution is -2.50. The van der Waals surface area contributed by atoms with Crippen LogP contribution in [0.5, 0.6) is 0 Å². The molecule has 1 aliphatic carbocycles. The fourth-order valence-corrected chi connectivity index (χ4v) is 11.2. The van der Waals surface area contributed by atoms with Crippen molar-refractivity contribution in [2.45, 2.75) is 196 Å². The maximum absolute atomic E-state index is 11.9. The van der Waals surface area contributed by atoms with E-state index in [0.717, 1.165) is 116 Å². The Balaban J connectivity index is 0.000000444. The zero-order valence-corrected chi connectivity index (χ0v) is 52.9. The van der Waals surface area contributed by atoms with Gasteiger partial charge in [0.25, 0.3) is 0 Å². The van der Waals surface area contributed by atoms with Gasteiger partial charge in [0.15, 0.2) is 0 Å². The SMILES string of the molecule is CC1CC[C@H](C(=O)C(C)(C)C)C1.CN1CC(C(=O)C(C)(C)C)C1.CN1CCC(C(=O)C(C)(C)C)CC1.CN1CCC[C@@H](C(=O)C(C)(C)C)C1.CN1CCC[C@H](C(=O)C(C)(C)C)C1.CN1CC[C@@H](C(=O)C(C)(C)C)C1. The minimum absolute atomic E-state index is 0.130. The Morgan fingerprint density at radius 2 is 0.541 bits per heavy atom. The van der Waals surface area contributed by atoms with Crippen molar-refractivity contribution < 1.29 is 28.8 Å². The average Bonchev–Trinajstić information content (AvgIpc) is 3.90. The van der Waals surface area contributed by atoms with Crippen LogP contribution in [0, 0.1) is 73.9 Å². The van der Waals surface area contributed by atoms with Crippen LogP contribution in [0.4, 0.5) is 0 Å². The molecular weight excluding hydrogens is 923 g/mol. The van der Waals surface area contributed by atoms with Gasteiger partial charge in [0.1, 0.15) is 34.7 Å². The summed E-state index contributed by atoms with van der Waals surface area (Å²) in [6, 6.07) is 0. The van der Waals surface area contributed by atoms with E-state index in [9.17, 15) is 28.8 Å². The topological polar surface area (TPSA) is 119 Å². The van der Waals surface area contributed by atoms with E-state index < -0.39 is 0 Å². The van der Waals surface area contributed by atoms with E-state index in [2.05, 4.69) is 59.6 Å². The number of hydrogen-bond donors (Lipinski definition) is 0. The molecule has 5 saturated heterocycles. The van der Waals surface area contributed by atoms with Gasteiger partial charge in [0, 0.05) is 101 Å². The summed E-state index contributed by atoms with van der Waals surface area (Å²) in [6.45, 7) is 48.8. The maximum Gasteiger partial charge on any atom is 0.143 e. The Morgan fingerprint density at radius 1 is 0.284 bits per heavy atom. The van der Waals surface area contributed by atoms with Gasteiger partial charge in [-0.25, -0.2) is 0 Å². The lowest BCUT2D eigenvalue weighted by Gasteiger charge is -2.38. The van der Waals surface area contributed by atoms with Crippen LogP contribution >= 0.6 is 0 Å². The van der Waals surface area contributed by atoms with Gasteiger partial charge in [-0.15, -0.1) is 0 Å². The van der Waals surface area contributed by atoms with E-state index in [1.807, 2.05) is 132 Å². The third kappa shape index (κ3) is 25.5. The summed E-state index contributed by atoms with van der Waals surface area (Å²) >= 11 is 0. The molecule has 74 heavy (non-hydrogen) atoms. The molecule has 432 valence electrons. The van der Waals surface area contributed by atoms with Gasteiger partial charge >= 0.3 is 0 Å². The van der Waals surface area contributed by atoms with Crippen LogP contribution in [0.3, 0.4) is 0 Å². The van der Waals surface area contributed by atoms with Crippen molar-refractivity contribution in [2.75, 3.05) is 101 Å². The fourth-order valence-electron chi connectivity index (χ4n) is 11.2. The first-order chi connectivity index (χ1) is 33.5. The molecule has 1 unspecified atom stereocenters. The van der Waals surface area contributed by atoms with Crippen LogP contribution < -0.4 is 0 Å². The van der Waals surface area contributed by atoms with E-state index in [1.165, 1.54) is 19.3 Å². The third-order valence-electron chi connectivity index (χ3n) is 15.8. The molecule has 0 spiro atoms. The van der Waals surface area contributed by atoms with E-state index in [0.29, 0.717) is 52.5 Å². The predicted octanol–water partition coefficient (Wildman–Crippen LogP) is 11.6. The first kappa shape index (κ1) is 69.8. The van der Waals surface area contributed by atoms with Gasteiger partial charge < -0.3 is 24.5 Å². The molecule has 0 N–H and O–H groups in total. The number of rotatable bonds is 6. The zero-order chi connectivity index (χ0) is 57.5. The van der Waals surface area contributed by atoms with Gasteiger partial charge in [-0.05, 0) is 138 Å². The Kier molecular flexibility index (Phi) is 28.0. The normalized spacial score (nSPS) is 25.4. The molecule has 6 aliphatic rings. The smallest absolute Gasteiger partial charge is 0.143 e. The summed E-state index contributed by atoms with van der Waals surface area (Å²) in [4.78, 5) is 82.2. The lowest BCUT2D eigenvalue weighted by molar-refractivity contribution is -0.135. The lowest BCUT2D eigenvalue weighted by atomic mass is 9.79. The Hall–Kier alpha value is -2.18. The quantitative estimate of drug-likeness (QED) is 0.253. The van der Waals surface area contributed by atoms with Gasteiger partial charge in [-0.1, -0.05) is 132 Å². The first-order valence-corrected chi connectivity index (χ1v) is 29.1. The van der Waals surface area contributed by atoms with Crippen LogP contribution in [0.15, 0.2) is 0 Å². The molecule has 6 rings (SSSR count). The Labute approximate surface area is 456 Å². The van der Waals surface area contributed by atoms with E-state index >= 15 is 0 Å². The number of piperidine rings is 3. The molecule has 6 fully saturated rings. The molecule has 1 saturated carbocycles. The van der Waals surface area contributed by atoms with Crippen molar-refractivity contribution in [3.63, 3.8) is 0 Å². The summed E-state index contributed by atoms with van der Waals surface area (Å²) in [5, 5.41) is 0. The van der Waals surface area contributed by atoms with Crippen molar-refractivity contribution in [3.8, 4) is 0 Å². The van der Waals surface area contributed by atoms with Crippen LogP contribution in [0.1, 0.15) is 196 Å². The van der Waals surface area contributed by atoms with Crippen molar-refractivity contribution in [2.24, 2.45) is 73.9 Å². The number of likely N-dealkylation sites (tertiary alicyclic amines) is 5. The summed E-state index contributed by atoms with van der Waals surface area (Å²) in [5.74, 6) is 5.19. The fraction of sp³-hybridized carbons (Fsp3) is 0.905. The number of carbonyl (C=O) groups is 6. The molecule has 0 bridgehead atoms. The first-order valence-electron chi connectivity index (χ1n) is 29.1. The molecule has 5 heterocycles. The second-order valence-corrected chi connectivity index (χ2v) is 30.2. The highest BCUT2D eigenvalue weighted by Gasteiger charge is 2.38. The Morgan fingerprint density at radius 3 is 0.811 bits per heavy atom. The standard InChI is InChI=1S/3C11H21NO.C11H20O.C10H19NO.C9H17NO/c1-11(2,3)10(13)9-5-7-12(4)8-6-9;2*1-11(2,3)10(13)9-6-5-7-12(4)8-9;1-8-5-6-9(7-8)10(12)11(2,3)4;1-10(2,3)9(12)8-5-6-11(4)7-8;1-9(2,3)8(11)7-5-10(4)6-7/h3*9H,5-8H2,1-4H3;8-9H,5-7H2,1-4H3;8H,5-7H2,1-4H3;7H,5-6H2,1-4H3/t;2*9-;8?,9-;8-;/m.1001./s1. The monoisotopic (exact) mass is 1040 g/mol. The molecule has 11 heteroatoms. The van der Waals surface area contributed by atoms with Crippen molar-refractivity contribution in [3.05, 3.63) is 0 Å². The number of nitrogens with zero attached hydrogens (tertiary/aromatic N) is 5. The summed E-state index contributed by atoms with van der Waals surface area (Å²) in [7, 11) is 10.4. The number of carbonyl (C=O) groups excluding carboxylic acids is 6. The molecular formula is C63H119N5O6.